The van der Waals surface area contributed by atoms with E-state index in [0.717, 1.165) is 12.0 Å². The van der Waals surface area contributed by atoms with Crippen molar-refractivity contribution in [2.45, 2.75) is 32.1 Å². The molecule has 0 unspecified atom stereocenters. The molecule has 4 rings (SSSR count). The van der Waals surface area contributed by atoms with Crippen LogP contribution < -0.4 is 0 Å². The van der Waals surface area contributed by atoms with E-state index < -0.39 is 0 Å². The zero-order chi connectivity index (χ0) is 11.4. The minimum atomic E-state index is 0.326. The van der Waals surface area contributed by atoms with Gasteiger partial charge >= 0.3 is 0 Å². The number of benzene rings is 2. The molecular formula is C16H14O. The first-order valence-corrected chi connectivity index (χ1v) is 6.44. The average Bonchev–Trinajstić information content (AvgIpc) is 2.38. The Morgan fingerprint density at radius 2 is 1.35 bits per heavy atom. The number of Topliss-reactive ketones (excluding diaryl/α,β-unsaturated/α-hetero) is 1. The van der Waals surface area contributed by atoms with Gasteiger partial charge in [0.05, 0.1) is 0 Å². The Morgan fingerprint density at radius 3 is 2.12 bits per heavy atom. The summed E-state index contributed by atoms with van der Waals surface area (Å²) in [5.41, 5.74) is 5.24. The third-order valence-corrected chi connectivity index (χ3v) is 4.23. The Labute approximate surface area is 100 Å². The molecule has 0 heterocycles. The first kappa shape index (κ1) is 9.41. The van der Waals surface area contributed by atoms with Crippen molar-refractivity contribution in [3.63, 3.8) is 0 Å². The standard InChI is InChI=1S/C16H14O/c17-14-9-7-12-5-4-10-2-1-3-11-6-8-13(14)16(12)15(10)11/h4-6,8H,1-3,7,9H2. The second-order valence-electron chi connectivity index (χ2n) is 5.18. The highest BCUT2D eigenvalue weighted by Crippen LogP contribution is 2.37. The molecule has 0 aliphatic heterocycles. The molecule has 2 aliphatic carbocycles. The van der Waals surface area contributed by atoms with Crippen LogP contribution in [0.1, 0.15) is 39.9 Å². The molecule has 2 aromatic rings. The molecular weight excluding hydrogens is 208 g/mol. The molecule has 1 heteroatoms. The van der Waals surface area contributed by atoms with Crippen LogP contribution in [0.15, 0.2) is 24.3 Å². The summed E-state index contributed by atoms with van der Waals surface area (Å²) in [6.45, 7) is 0. The molecule has 0 bridgehead atoms. The van der Waals surface area contributed by atoms with E-state index in [1.807, 2.05) is 0 Å². The van der Waals surface area contributed by atoms with Crippen molar-refractivity contribution in [2.24, 2.45) is 0 Å². The van der Waals surface area contributed by atoms with E-state index in [0.29, 0.717) is 12.2 Å². The average molecular weight is 222 g/mol. The topological polar surface area (TPSA) is 17.1 Å². The first-order valence-electron chi connectivity index (χ1n) is 6.44. The van der Waals surface area contributed by atoms with Gasteiger partial charge in [0.1, 0.15) is 0 Å². The summed E-state index contributed by atoms with van der Waals surface area (Å²) in [6.07, 6.45) is 5.18. The molecule has 84 valence electrons. The maximum Gasteiger partial charge on any atom is 0.163 e. The van der Waals surface area contributed by atoms with Crippen LogP contribution in [0, 0.1) is 0 Å². The van der Waals surface area contributed by atoms with Gasteiger partial charge in [-0.05, 0) is 53.1 Å². The molecule has 0 radical (unpaired) electrons. The van der Waals surface area contributed by atoms with Gasteiger partial charge in [0.2, 0.25) is 0 Å². The number of hydrogen-bond acceptors (Lipinski definition) is 1. The summed E-state index contributed by atoms with van der Waals surface area (Å²) < 4.78 is 0. The second-order valence-corrected chi connectivity index (χ2v) is 5.18. The van der Waals surface area contributed by atoms with Gasteiger partial charge in [-0.2, -0.15) is 0 Å². The highest BCUT2D eigenvalue weighted by atomic mass is 16.1. The van der Waals surface area contributed by atoms with E-state index in [-0.39, 0.29) is 0 Å². The molecule has 1 nitrogen and oxygen atoms in total. The number of carbonyl (C=O) groups excluding carboxylic acids is 1. The minimum absolute atomic E-state index is 0.326. The largest absolute Gasteiger partial charge is 0.294 e. The second kappa shape index (κ2) is 3.19. The monoisotopic (exact) mass is 222 g/mol. The fourth-order valence-corrected chi connectivity index (χ4v) is 3.42. The predicted octanol–water partition coefficient (Wildman–Crippen LogP) is 3.46. The molecule has 0 saturated carbocycles. The number of rotatable bonds is 0. The van der Waals surface area contributed by atoms with Gasteiger partial charge in [0.15, 0.2) is 5.78 Å². The van der Waals surface area contributed by atoms with E-state index >= 15 is 0 Å². The van der Waals surface area contributed by atoms with E-state index in [1.54, 1.807) is 0 Å². The zero-order valence-electron chi connectivity index (χ0n) is 9.75. The van der Waals surface area contributed by atoms with Crippen LogP contribution in [0.4, 0.5) is 0 Å². The highest BCUT2D eigenvalue weighted by molar-refractivity contribution is 6.12. The van der Waals surface area contributed by atoms with Crippen LogP contribution in [0.25, 0.3) is 10.8 Å². The first-order chi connectivity index (χ1) is 8.34. The van der Waals surface area contributed by atoms with E-state index in [1.165, 1.54) is 46.7 Å². The molecule has 2 aliphatic rings. The van der Waals surface area contributed by atoms with Crippen LogP contribution in [0.5, 0.6) is 0 Å². The minimum Gasteiger partial charge on any atom is -0.294 e. The fourth-order valence-electron chi connectivity index (χ4n) is 3.42. The Balaban J connectivity index is 2.23. The van der Waals surface area contributed by atoms with E-state index in [4.69, 9.17) is 0 Å². The molecule has 2 aromatic carbocycles. The Kier molecular flexibility index (Phi) is 1.77. The molecule has 0 atom stereocenters. The summed E-state index contributed by atoms with van der Waals surface area (Å²) in [5.74, 6) is 0.326. The van der Waals surface area contributed by atoms with Gasteiger partial charge in [-0.25, -0.2) is 0 Å². The lowest BCUT2D eigenvalue weighted by Gasteiger charge is -2.23. The summed E-state index contributed by atoms with van der Waals surface area (Å²) in [6, 6.07) is 8.74. The molecule has 0 fully saturated rings. The number of ketones is 1. The van der Waals surface area contributed by atoms with Crippen LogP contribution in [0.3, 0.4) is 0 Å². The van der Waals surface area contributed by atoms with Gasteiger partial charge in [0, 0.05) is 12.0 Å². The van der Waals surface area contributed by atoms with Crippen LogP contribution in [-0.4, -0.2) is 5.78 Å². The maximum absolute atomic E-state index is 12.0. The van der Waals surface area contributed by atoms with Crippen molar-refractivity contribution in [3.05, 3.63) is 46.5 Å². The number of carbonyl (C=O) groups is 1. The van der Waals surface area contributed by atoms with Crippen LogP contribution in [-0.2, 0) is 19.3 Å². The van der Waals surface area contributed by atoms with Crippen LogP contribution >= 0.6 is 0 Å². The third-order valence-electron chi connectivity index (χ3n) is 4.23. The molecule has 0 N–H and O–H groups in total. The molecule has 0 saturated heterocycles. The van der Waals surface area contributed by atoms with E-state index in [9.17, 15) is 4.79 Å². The maximum atomic E-state index is 12.0. The van der Waals surface area contributed by atoms with Crippen molar-refractivity contribution >= 4 is 16.6 Å². The molecule has 17 heavy (non-hydrogen) atoms. The van der Waals surface area contributed by atoms with Gasteiger partial charge in [-0.15, -0.1) is 0 Å². The van der Waals surface area contributed by atoms with Crippen molar-refractivity contribution in [2.75, 3.05) is 0 Å². The Morgan fingerprint density at radius 1 is 0.706 bits per heavy atom. The predicted molar refractivity (Wildman–Crippen MR) is 68.6 cm³/mol. The van der Waals surface area contributed by atoms with Crippen LogP contribution in [0.2, 0.25) is 0 Å². The van der Waals surface area contributed by atoms with Crippen molar-refractivity contribution < 1.29 is 4.79 Å². The summed E-state index contributed by atoms with van der Waals surface area (Å²) >= 11 is 0. The summed E-state index contributed by atoms with van der Waals surface area (Å²) in [7, 11) is 0. The summed E-state index contributed by atoms with van der Waals surface area (Å²) in [4.78, 5) is 12.0. The SMILES string of the molecule is O=C1CCc2ccc3c4c(ccc1c24)CCC3. The van der Waals surface area contributed by atoms with Crippen molar-refractivity contribution in [1.82, 2.24) is 0 Å². The molecule has 0 aromatic heterocycles. The Bertz CT molecular complexity index is 642. The summed E-state index contributed by atoms with van der Waals surface area (Å²) in [5, 5.41) is 2.68. The number of hydrogen-bond donors (Lipinski definition) is 0. The smallest absolute Gasteiger partial charge is 0.163 e. The zero-order valence-corrected chi connectivity index (χ0v) is 9.75. The van der Waals surface area contributed by atoms with Crippen molar-refractivity contribution in [3.8, 4) is 0 Å². The van der Waals surface area contributed by atoms with Gasteiger partial charge in [0.25, 0.3) is 0 Å². The fraction of sp³-hybridized carbons (Fsp3) is 0.312. The quantitative estimate of drug-likeness (QED) is 0.667. The molecule has 0 amide bonds. The van der Waals surface area contributed by atoms with Gasteiger partial charge in [-0.3, -0.25) is 4.79 Å². The Hall–Kier alpha value is -1.63. The molecule has 0 spiro atoms. The van der Waals surface area contributed by atoms with E-state index in [2.05, 4.69) is 24.3 Å². The van der Waals surface area contributed by atoms with Crippen molar-refractivity contribution in [1.29, 1.82) is 0 Å². The lowest BCUT2D eigenvalue weighted by molar-refractivity contribution is 0.0982. The normalized spacial score (nSPS) is 17.5. The number of aryl methyl sites for hydroxylation is 3. The highest BCUT2D eigenvalue weighted by Gasteiger charge is 2.23. The lowest BCUT2D eigenvalue weighted by atomic mass is 9.80. The van der Waals surface area contributed by atoms with Gasteiger partial charge in [-0.1, -0.05) is 24.3 Å². The third kappa shape index (κ3) is 1.17. The van der Waals surface area contributed by atoms with Gasteiger partial charge < -0.3 is 0 Å². The lowest BCUT2D eigenvalue weighted by Crippen LogP contribution is -2.12.